The third-order valence-electron chi connectivity index (χ3n) is 4.86. The van der Waals surface area contributed by atoms with Gasteiger partial charge in [0.1, 0.15) is 0 Å². The van der Waals surface area contributed by atoms with Gasteiger partial charge in [-0.3, -0.25) is 9.59 Å². The summed E-state index contributed by atoms with van der Waals surface area (Å²) in [6.45, 7) is 2.46. The van der Waals surface area contributed by atoms with Crippen LogP contribution >= 0.6 is 0 Å². The van der Waals surface area contributed by atoms with E-state index in [2.05, 4.69) is 28.8 Å². The van der Waals surface area contributed by atoms with E-state index in [0.717, 1.165) is 12.0 Å². The van der Waals surface area contributed by atoms with Crippen molar-refractivity contribution < 1.29 is 14.0 Å². The average molecular weight is 354 g/mol. The summed E-state index contributed by atoms with van der Waals surface area (Å²) in [5.41, 5.74) is 4.03. The third-order valence-corrected chi connectivity index (χ3v) is 4.86. The summed E-state index contributed by atoms with van der Waals surface area (Å²) in [5.74, 6) is 0.0378. The Kier molecular flexibility index (Phi) is 6.10. The highest BCUT2D eigenvalue weighted by Crippen LogP contribution is 2.24. The Morgan fingerprint density at radius 3 is 2.73 bits per heavy atom. The Labute approximate surface area is 154 Å². The zero-order chi connectivity index (χ0) is 18.4. The van der Waals surface area contributed by atoms with Crippen LogP contribution in [0.5, 0.6) is 0 Å². The van der Waals surface area contributed by atoms with E-state index in [0.29, 0.717) is 19.4 Å². The summed E-state index contributed by atoms with van der Waals surface area (Å²) < 4.78 is 5.02. The van der Waals surface area contributed by atoms with Gasteiger partial charge in [-0.1, -0.05) is 18.2 Å². The Morgan fingerprint density at radius 1 is 1.15 bits per heavy atom. The number of hydrogen-bond donors (Lipinski definition) is 2. The molecular formula is C21H26N2O3. The molecule has 1 heterocycles. The monoisotopic (exact) mass is 354 g/mol. The van der Waals surface area contributed by atoms with Gasteiger partial charge >= 0.3 is 0 Å². The number of furan rings is 1. The van der Waals surface area contributed by atoms with Gasteiger partial charge in [0.05, 0.1) is 12.3 Å². The molecule has 1 aromatic carbocycles. The molecule has 0 bridgehead atoms. The lowest BCUT2D eigenvalue weighted by atomic mass is 9.89. The molecule has 2 amide bonds. The van der Waals surface area contributed by atoms with Crippen LogP contribution in [-0.4, -0.2) is 18.4 Å². The fourth-order valence-corrected chi connectivity index (χ4v) is 3.37. The van der Waals surface area contributed by atoms with Gasteiger partial charge in [-0.25, -0.2) is 0 Å². The Morgan fingerprint density at radius 2 is 1.96 bits per heavy atom. The number of rotatable bonds is 7. The quantitative estimate of drug-likeness (QED) is 0.747. The van der Waals surface area contributed by atoms with Crippen molar-refractivity contribution in [2.24, 2.45) is 0 Å². The maximum Gasteiger partial charge on any atom is 0.286 e. The number of fused-ring (bicyclic) bond motifs is 1. The van der Waals surface area contributed by atoms with E-state index in [4.69, 9.17) is 4.42 Å². The standard InChI is InChI=1S/C21H26N2O3/c1-15(17-11-10-16-6-2-3-7-18(16)14-17)23-20(24)9-4-12-22-21(25)19-8-5-13-26-19/h5,8,10-11,13-15H,2-4,6-7,9,12H2,1H3,(H,22,25)(H,23,24). The van der Waals surface area contributed by atoms with Crippen molar-refractivity contribution >= 4 is 11.8 Å². The van der Waals surface area contributed by atoms with E-state index in [-0.39, 0.29) is 23.6 Å². The summed E-state index contributed by atoms with van der Waals surface area (Å²) in [4.78, 5) is 23.9. The predicted molar refractivity (Wildman–Crippen MR) is 99.9 cm³/mol. The van der Waals surface area contributed by atoms with Crippen LogP contribution < -0.4 is 10.6 Å². The second-order valence-corrected chi connectivity index (χ2v) is 6.86. The molecule has 0 fully saturated rings. The Balaban J connectivity index is 1.41. The van der Waals surface area contributed by atoms with Crippen LogP contribution in [0, 0.1) is 0 Å². The summed E-state index contributed by atoms with van der Waals surface area (Å²) in [6, 6.07) is 9.85. The van der Waals surface area contributed by atoms with Crippen molar-refractivity contribution in [3.63, 3.8) is 0 Å². The molecule has 2 N–H and O–H groups in total. The number of hydrogen-bond acceptors (Lipinski definition) is 3. The van der Waals surface area contributed by atoms with Crippen LogP contribution in [0.25, 0.3) is 0 Å². The first-order valence-electron chi connectivity index (χ1n) is 9.36. The number of carbonyl (C=O) groups is 2. The van der Waals surface area contributed by atoms with Crippen molar-refractivity contribution in [3.8, 4) is 0 Å². The van der Waals surface area contributed by atoms with Gasteiger partial charge in [-0.15, -0.1) is 0 Å². The lowest BCUT2D eigenvalue weighted by Gasteiger charge is -2.20. The molecule has 138 valence electrons. The van der Waals surface area contributed by atoms with E-state index < -0.39 is 0 Å². The van der Waals surface area contributed by atoms with Crippen LogP contribution in [0.1, 0.15) is 65.9 Å². The van der Waals surface area contributed by atoms with Gasteiger partial charge in [0, 0.05) is 13.0 Å². The molecule has 1 unspecified atom stereocenters. The highest BCUT2D eigenvalue weighted by Gasteiger charge is 2.14. The van der Waals surface area contributed by atoms with Gasteiger partial charge in [-0.2, -0.15) is 0 Å². The van der Waals surface area contributed by atoms with Crippen LogP contribution in [0.3, 0.4) is 0 Å². The summed E-state index contributed by atoms with van der Waals surface area (Å²) in [5, 5.41) is 5.80. The van der Waals surface area contributed by atoms with Crippen molar-refractivity contribution in [1.29, 1.82) is 0 Å². The first-order valence-corrected chi connectivity index (χ1v) is 9.36. The topological polar surface area (TPSA) is 71.3 Å². The summed E-state index contributed by atoms with van der Waals surface area (Å²) in [6.07, 6.45) is 7.27. The van der Waals surface area contributed by atoms with E-state index in [1.165, 1.54) is 36.7 Å². The summed E-state index contributed by atoms with van der Waals surface area (Å²) >= 11 is 0. The molecule has 0 radical (unpaired) electrons. The molecule has 26 heavy (non-hydrogen) atoms. The second kappa shape index (κ2) is 8.70. The van der Waals surface area contributed by atoms with E-state index in [1.54, 1.807) is 12.1 Å². The van der Waals surface area contributed by atoms with Gasteiger partial charge in [0.15, 0.2) is 5.76 Å². The summed E-state index contributed by atoms with van der Waals surface area (Å²) in [7, 11) is 0. The van der Waals surface area contributed by atoms with Gasteiger partial charge in [0.25, 0.3) is 5.91 Å². The fourth-order valence-electron chi connectivity index (χ4n) is 3.37. The van der Waals surface area contributed by atoms with Crippen molar-refractivity contribution in [2.45, 2.75) is 51.5 Å². The van der Waals surface area contributed by atoms with Crippen LogP contribution in [-0.2, 0) is 17.6 Å². The van der Waals surface area contributed by atoms with Gasteiger partial charge in [0.2, 0.25) is 5.91 Å². The molecule has 5 nitrogen and oxygen atoms in total. The number of amides is 2. The number of carbonyl (C=O) groups excluding carboxylic acids is 2. The molecule has 0 aliphatic heterocycles. The number of benzene rings is 1. The molecule has 1 aliphatic rings. The Bertz CT molecular complexity index is 753. The molecule has 2 aromatic rings. The SMILES string of the molecule is CC(NC(=O)CCCNC(=O)c1ccco1)c1ccc2c(c1)CCCC2. The second-order valence-electron chi connectivity index (χ2n) is 6.86. The van der Waals surface area contributed by atoms with Crippen LogP contribution in [0.4, 0.5) is 0 Å². The van der Waals surface area contributed by atoms with E-state index >= 15 is 0 Å². The zero-order valence-corrected chi connectivity index (χ0v) is 15.2. The Hall–Kier alpha value is -2.56. The minimum absolute atomic E-state index is 0.00229. The number of nitrogens with one attached hydrogen (secondary N) is 2. The first-order chi connectivity index (χ1) is 12.6. The highest BCUT2D eigenvalue weighted by atomic mass is 16.3. The normalized spacial score (nSPS) is 14.3. The van der Waals surface area contributed by atoms with Crippen LogP contribution in [0.2, 0.25) is 0 Å². The third kappa shape index (κ3) is 4.75. The van der Waals surface area contributed by atoms with Crippen LogP contribution in [0.15, 0.2) is 41.0 Å². The highest BCUT2D eigenvalue weighted by molar-refractivity contribution is 5.91. The average Bonchev–Trinajstić information content (AvgIpc) is 3.19. The zero-order valence-electron chi connectivity index (χ0n) is 15.2. The first kappa shape index (κ1) is 18.2. The minimum Gasteiger partial charge on any atom is -0.459 e. The molecule has 1 aliphatic carbocycles. The maximum atomic E-state index is 12.1. The molecule has 5 heteroatoms. The fraction of sp³-hybridized carbons (Fsp3) is 0.429. The maximum absolute atomic E-state index is 12.1. The van der Waals surface area contributed by atoms with Crippen molar-refractivity contribution in [3.05, 3.63) is 59.0 Å². The predicted octanol–water partition coefficient (Wildman–Crippen LogP) is 3.55. The van der Waals surface area contributed by atoms with Crippen molar-refractivity contribution in [2.75, 3.05) is 6.54 Å². The molecule has 3 rings (SSSR count). The lowest BCUT2D eigenvalue weighted by molar-refractivity contribution is -0.121. The minimum atomic E-state index is -0.252. The number of aryl methyl sites for hydroxylation is 2. The van der Waals surface area contributed by atoms with Crippen molar-refractivity contribution in [1.82, 2.24) is 10.6 Å². The molecule has 0 spiro atoms. The lowest BCUT2D eigenvalue weighted by Crippen LogP contribution is -2.29. The molecular weight excluding hydrogens is 328 g/mol. The smallest absolute Gasteiger partial charge is 0.286 e. The molecule has 0 saturated carbocycles. The van der Waals surface area contributed by atoms with Gasteiger partial charge < -0.3 is 15.1 Å². The van der Waals surface area contributed by atoms with Gasteiger partial charge in [-0.05, 0) is 67.9 Å². The molecule has 1 atom stereocenters. The van der Waals surface area contributed by atoms with E-state index in [1.807, 2.05) is 6.92 Å². The van der Waals surface area contributed by atoms with E-state index in [9.17, 15) is 9.59 Å². The molecule has 0 saturated heterocycles. The largest absolute Gasteiger partial charge is 0.459 e. The molecule has 1 aromatic heterocycles.